The van der Waals surface area contributed by atoms with Crippen LogP contribution >= 0.6 is 0 Å². The minimum absolute atomic E-state index is 0.0435. The van der Waals surface area contributed by atoms with Crippen LogP contribution in [0.5, 0.6) is 0 Å². The molecule has 0 aromatic rings. The number of nitrogens with zero attached hydrogens (tertiary/aromatic N) is 2. The lowest BCUT2D eigenvalue weighted by molar-refractivity contribution is -0.133. The van der Waals surface area contributed by atoms with Crippen LogP contribution in [-0.2, 0) is 4.79 Å². The number of nitrogens with one attached hydrogen (secondary N) is 2. The van der Waals surface area contributed by atoms with E-state index in [4.69, 9.17) is 0 Å². The van der Waals surface area contributed by atoms with Gasteiger partial charge in [-0.2, -0.15) is 0 Å². The molecule has 4 atom stereocenters. The predicted molar refractivity (Wildman–Crippen MR) is 74.7 cm³/mol. The highest BCUT2D eigenvalue weighted by Gasteiger charge is 2.49. The van der Waals surface area contributed by atoms with Crippen LogP contribution in [0, 0.1) is 5.92 Å². The molecule has 2 fully saturated rings. The molecule has 0 bridgehead atoms. The fourth-order valence-corrected chi connectivity index (χ4v) is 3.34. The van der Waals surface area contributed by atoms with Crippen molar-refractivity contribution >= 4 is 11.9 Å². The monoisotopic (exact) mass is 278 g/mol. The van der Waals surface area contributed by atoms with Gasteiger partial charge in [0.05, 0.1) is 6.17 Å². The molecule has 0 aromatic carbocycles. The van der Waals surface area contributed by atoms with Crippen LogP contribution in [0.25, 0.3) is 0 Å². The van der Waals surface area contributed by atoms with Crippen molar-refractivity contribution < 1.29 is 9.59 Å². The SMILES string of the molecule is CC1NC2C(=O)N(C)C(=O)N(CC3CC=CCC3)C2N1. The first kappa shape index (κ1) is 13.6. The number of amides is 3. The largest absolute Gasteiger partial charge is 0.327 e. The molecule has 0 radical (unpaired) electrons. The van der Waals surface area contributed by atoms with E-state index in [1.165, 1.54) is 4.90 Å². The molecular formula is C14H22N4O2. The van der Waals surface area contributed by atoms with Gasteiger partial charge in [0.15, 0.2) is 0 Å². The fraction of sp³-hybridized carbons (Fsp3) is 0.714. The van der Waals surface area contributed by atoms with Crippen molar-refractivity contribution in [3.63, 3.8) is 0 Å². The summed E-state index contributed by atoms with van der Waals surface area (Å²) in [4.78, 5) is 27.6. The van der Waals surface area contributed by atoms with Crippen LogP contribution in [0.3, 0.4) is 0 Å². The number of allylic oxidation sites excluding steroid dienone is 2. The summed E-state index contributed by atoms with van der Waals surface area (Å²) in [5.74, 6) is 0.348. The molecule has 110 valence electrons. The molecule has 2 aliphatic heterocycles. The summed E-state index contributed by atoms with van der Waals surface area (Å²) < 4.78 is 0. The van der Waals surface area contributed by atoms with E-state index in [0.29, 0.717) is 12.5 Å². The van der Waals surface area contributed by atoms with Crippen molar-refractivity contribution in [2.45, 2.75) is 44.6 Å². The fourth-order valence-electron chi connectivity index (χ4n) is 3.34. The molecule has 6 heteroatoms. The second kappa shape index (κ2) is 5.18. The molecule has 6 nitrogen and oxygen atoms in total. The van der Waals surface area contributed by atoms with Crippen molar-refractivity contribution in [1.29, 1.82) is 0 Å². The van der Waals surface area contributed by atoms with E-state index in [9.17, 15) is 9.59 Å². The topological polar surface area (TPSA) is 64.7 Å². The summed E-state index contributed by atoms with van der Waals surface area (Å²) in [7, 11) is 1.57. The number of hydrogen-bond acceptors (Lipinski definition) is 4. The molecule has 3 aliphatic rings. The van der Waals surface area contributed by atoms with E-state index < -0.39 is 0 Å². The highest BCUT2D eigenvalue weighted by molar-refractivity contribution is 6.00. The zero-order valence-corrected chi connectivity index (χ0v) is 12.0. The van der Waals surface area contributed by atoms with Crippen molar-refractivity contribution in [2.24, 2.45) is 5.92 Å². The predicted octanol–water partition coefficient (Wildman–Crippen LogP) is 0.470. The van der Waals surface area contributed by atoms with Crippen LogP contribution in [-0.4, -0.2) is 53.7 Å². The van der Waals surface area contributed by atoms with Crippen LogP contribution in [0.4, 0.5) is 4.79 Å². The van der Waals surface area contributed by atoms with Crippen molar-refractivity contribution in [3.8, 4) is 0 Å². The van der Waals surface area contributed by atoms with Gasteiger partial charge in [0, 0.05) is 13.6 Å². The van der Waals surface area contributed by atoms with Gasteiger partial charge in [-0.05, 0) is 32.1 Å². The number of rotatable bonds is 2. The Morgan fingerprint density at radius 3 is 2.80 bits per heavy atom. The van der Waals surface area contributed by atoms with E-state index in [0.717, 1.165) is 19.3 Å². The van der Waals surface area contributed by atoms with E-state index in [2.05, 4.69) is 22.8 Å². The third-order valence-electron chi connectivity index (χ3n) is 4.46. The Kier molecular flexibility index (Phi) is 3.52. The number of hydrogen-bond donors (Lipinski definition) is 2. The maximum Gasteiger partial charge on any atom is 0.327 e. The molecule has 0 spiro atoms. The zero-order valence-electron chi connectivity index (χ0n) is 12.0. The molecule has 2 N–H and O–H groups in total. The minimum atomic E-state index is -0.327. The summed E-state index contributed by atoms with van der Waals surface area (Å²) in [6, 6.07) is -0.513. The molecule has 0 aromatic heterocycles. The molecule has 2 saturated heterocycles. The Hall–Kier alpha value is -1.40. The highest BCUT2D eigenvalue weighted by Crippen LogP contribution is 2.25. The van der Waals surface area contributed by atoms with Crippen LogP contribution in [0.15, 0.2) is 12.2 Å². The number of urea groups is 1. The first-order chi connectivity index (χ1) is 9.58. The minimum Gasteiger partial charge on any atom is -0.306 e. The average molecular weight is 278 g/mol. The molecule has 2 heterocycles. The lowest BCUT2D eigenvalue weighted by Gasteiger charge is -2.41. The Bertz CT molecular complexity index is 450. The number of likely N-dealkylation sites (N-methyl/N-ethyl adjacent to an activating group) is 1. The standard InChI is InChI=1S/C14H22N4O2/c1-9-15-11-12(16-9)18(14(20)17(2)13(11)19)8-10-6-4-3-5-7-10/h3-4,9-12,15-16H,5-8H2,1-2H3. The van der Waals surface area contributed by atoms with Crippen molar-refractivity contribution in [2.75, 3.05) is 13.6 Å². The van der Waals surface area contributed by atoms with Gasteiger partial charge in [-0.1, -0.05) is 12.2 Å². The first-order valence-corrected chi connectivity index (χ1v) is 7.33. The summed E-state index contributed by atoms with van der Waals surface area (Å²) in [5.41, 5.74) is 0. The van der Waals surface area contributed by atoms with E-state index in [1.807, 2.05) is 11.8 Å². The molecular weight excluding hydrogens is 256 g/mol. The molecule has 3 rings (SSSR count). The summed E-state index contributed by atoms with van der Waals surface area (Å²) in [6.45, 7) is 2.68. The molecule has 0 saturated carbocycles. The maximum absolute atomic E-state index is 12.4. The lowest BCUT2D eigenvalue weighted by Crippen LogP contribution is -2.66. The van der Waals surface area contributed by atoms with Gasteiger partial charge in [0.1, 0.15) is 12.2 Å². The number of carbonyl (C=O) groups excluding carboxylic acids is 2. The first-order valence-electron chi connectivity index (χ1n) is 7.33. The maximum atomic E-state index is 12.4. The van der Waals surface area contributed by atoms with Crippen LogP contribution in [0.1, 0.15) is 26.2 Å². The number of imide groups is 1. The molecule has 4 unspecified atom stereocenters. The van der Waals surface area contributed by atoms with Gasteiger partial charge in [-0.15, -0.1) is 0 Å². The number of carbonyl (C=O) groups is 2. The smallest absolute Gasteiger partial charge is 0.306 e. The second-order valence-electron chi connectivity index (χ2n) is 5.96. The van der Waals surface area contributed by atoms with Crippen LogP contribution in [0.2, 0.25) is 0 Å². The molecule has 20 heavy (non-hydrogen) atoms. The van der Waals surface area contributed by atoms with Gasteiger partial charge in [-0.3, -0.25) is 20.3 Å². The normalized spacial score (nSPS) is 37.5. The third-order valence-corrected chi connectivity index (χ3v) is 4.46. The van der Waals surface area contributed by atoms with Gasteiger partial charge in [0.2, 0.25) is 0 Å². The molecule has 3 amide bonds. The Morgan fingerprint density at radius 2 is 2.10 bits per heavy atom. The van der Waals surface area contributed by atoms with E-state index in [1.54, 1.807) is 7.05 Å². The van der Waals surface area contributed by atoms with Gasteiger partial charge in [0.25, 0.3) is 5.91 Å². The quantitative estimate of drug-likeness (QED) is 0.721. The Labute approximate surface area is 119 Å². The van der Waals surface area contributed by atoms with Crippen molar-refractivity contribution in [3.05, 3.63) is 12.2 Å². The lowest BCUT2D eigenvalue weighted by atomic mass is 9.93. The van der Waals surface area contributed by atoms with Crippen molar-refractivity contribution in [1.82, 2.24) is 20.4 Å². The Balaban J connectivity index is 1.78. The van der Waals surface area contributed by atoms with Gasteiger partial charge < -0.3 is 4.90 Å². The zero-order chi connectivity index (χ0) is 14.3. The van der Waals surface area contributed by atoms with E-state index in [-0.39, 0.29) is 30.3 Å². The highest BCUT2D eigenvalue weighted by atomic mass is 16.2. The van der Waals surface area contributed by atoms with Crippen LogP contribution < -0.4 is 10.6 Å². The summed E-state index contributed by atoms with van der Waals surface area (Å²) >= 11 is 0. The Morgan fingerprint density at radius 1 is 1.30 bits per heavy atom. The summed E-state index contributed by atoms with van der Waals surface area (Å²) in [5, 5.41) is 6.52. The number of fused-ring (bicyclic) bond motifs is 1. The van der Waals surface area contributed by atoms with E-state index >= 15 is 0 Å². The average Bonchev–Trinajstić information content (AvgIpc) is 2.84. The molecule has 1 aliphatic carbocycles. The second-order valence-corrected chi connectivity index (χ2v) is 5.96. The summed E-state index contributed by atoms with van der Waals surface area (Å²) in [6.07, 6.45) is 7.43. The van der Waals surface area contributed by atoms with Gasteiger partial charge >= 0.3 is 6.03 Å². The van der Waals surface area contributed by atoms with Gasteiger partial charge in [-0.25, -0.2) is 4.79 Å². The third kappa shape index (κ3) is 2.23.